The highest BCUT2D eigenvalue weighted by Crippen LogP contribution is 2.12. The highest BCUT2D eigenvalue weighted by atomic mass is 16.6. The second-order valence-corrected chi connectivity index (χ2v) is 11.2. The zero-order valence-electron chi connectivity index (χ0n) is 25.9. The van der Waals surface area contributed by atoms with Gasteiger partial charge in [0.2, 0.25) is 0 Å². The summed E-state index contributed by atoms with van der Waals surface area (Å²) in [4.78, 5) is 25.1. The molecule has 4 rings (SSSR count). The minimum atomic E-state index is -0.525. The smallest absolute Gasteiger partial charge is 0.407 e. The van der Waals surface area contributed by atoms with Gasteiger partial charge in [-0.3, -0.25) is 0 Å². The van der Waals surface area contributed by atoms with Crippen LogP contribution in [0.2, 0.25) is 0 Å². The van der Waals surface area contributed by atoms with E-state index in [0.717, 1.165) is 49.8 Å². The summed E-state index contributed by atoms with van der Waals surface area (Å²) in [5.41, 5.74) is 4.50. The van der Waals surface area contributed by atoms with Crippen LogP contribution in [0, 0.1) is 0 Å². The number of ether oxygens (including phenoxy) is 2. The molecule has 7 nitrogen and oxygen atoms in total. The van der Waals surface area contributed by atoms with Crippen LogP contribution in [-0.2, 0) is 35.5 Å². The minimum Gasteiger partial charge on any atom is -0.445 e. The molecule has 0 unspecified atom stereocenters. The van der Waals surface area contributed by atoms with Gasteiger partial charge in [0.1, 0.15) is 13.2 Å². The molecule has 236 valence electrons. The average Bonchev–Trinajstić information content (AvgIpc) is 3.09. The molecule has 1 atom stereocenters. The summed E-state index contributed by atoms with van der Waals surface area (Å²) in [5.74, 6) is 0. The van der Waals surface area contributed by atoms with Crippen molar-refractivity contribution in [3.05, 3.63) is 144 Å². The van der Waals surface area contributed by atoms with Crippen LogP contribution in [0.1, 0.15) is 47.9 Å². The molecule has 0 fully saturated rings. The zero-order valence-corrected chi connectivity index (χ0v) is 25.9. The molecule has 0 radical (unpaired) electrons. The van der Waals surface area contributed by atoms with Gasteiger partial charge in [-0.25, -0.2) is 9.59 Å². The Kier molecular flexibility index (Phi) is 14.5. The van der Waals surface area contributed by atoms with Crippen molar-refractivity contribution in [2.75, 3.05) is 13.1 Å². The first-order valence-corrected chi connectivity index (χ1v) is 15.9. The topological polar surface area (TPSA) is 88.7 Å². The van der Waals surface area contributed by atoms with Crippen LogP contribution in [0.3, 0.4) is 0 Å². The summed E-state index contributed by atoms with van der Waals surface area (Å²) in [5, 5.41) is 9.51. The van der Waals surface area contributed by atoms with Crippen LogP contribution in [0.25, 0.3) is 0 Å². The monoisotopic (exact) mass is 607 g/mol. The summed E-state index contributed by atoms with van der Waals surface area (Å²) >= 11 is 0. The summed E-state index contributed by atoms with van der Waals surface area (Å²) < 4.78 is 10.8. The van der Waals surface area contributed by atoms with Gasteiger partial charge in [0.25, 0.3) is 0 Å². The molecule has 0 heterocycles. The molecule has 7 heteroatoms. The van der Waals surface area contributed by atoms with E-state index in [0.29, 0.717) is 12.5 Å². The Morgan fingerprint density at radius 2 is 0.978 bits per heavy atom. The van der Waals surface area contributed by atoms with Crippen LogP contribution in [0.5, 0.6) is 0 Å². The molecule has 0 saturated heterocycles. The Hall–Kier alpha value is -4.62. The van der Waals surface area contributed by atoms with E-state index >= 15 is 0 Å². The van der Waals surface area contributed by atoms with Gasteiger partial charge in [-0.2, -0.15) is 0 Å². The van der Waals surface area contributed by atoms with E-state index in [4.69, 9.17) is 9.47 Å². The molecule has 0 aliphatic rings. The van der Waals surface area contributed by atoms with Crippen molar-refractivity contribution >= 4 is 12.2 Å². The number of amides is 2. The Balaban J connectivity index is 1.26. The molecular weight excluding hydrogens is 562 g/mol. The molecule has 0 aliphatic heterocycles. The summed E-state index contributed by atoms with van der Waals surface area (Å²) in [6.07, 6.45) is 4.55. The van der Waals surface area contributed by atoms with Gasteiger partial charge in [-0.05, 0) is 67.3 Å². The molecule has 0 aromatic heterocycles. The van der Waals surface area contributed by atoms with E-state index < -0.39 is 12.2 Å². The maximum atomic E-state index is 12.7. The van der Waals surface area contributed by atoms with Gasteiger partial charge >= 0.3 is 12.2 Å². The molecule has 4 aromatic carbocycles. The SMILES string of the molecule is O=C(NC[C@H](CCCNC(CCc1ccccc1)CCc1ccccc1)NC(=O)OCc1ccccc1)OCc1ccccc1. The molecule has 45 heavy (non-hydrogen) atoms. The molecule has 2 amide bonds. The standard InChI is InChI=1S/C38H45N3O4/c42-37(44-29-33-18-9-3-10-19-33)40-28-36(41-38(43)45-30-34-20-11-4-12-21-34)22-13-27-39-35(25-23-31-14-5-1-6-15-31)26-24-32-16-7-2-8-17-32/h1-12,14-21,35-36,39H,13,22-30H2,(H,40,42)(H,41,43)/t36-/m0/s1. The van der Waals surface area contributed by atoms with Crippen molar-refractivity contribution in [1.29, 1.82) is 0 Å². The van der Waals surface area contributed by atoms with E-state index in [1.807, 2.05) is 72.8 Å². The van der Waals surface area contributed by atoms with Gasteiger partial charge in [0, 0.05) is 18.6 Å². The number of carbonyl (C=O) groups excluding carboxylic acids is 2. The second kappa shape index (κ2) is 19.6. The number of hydrogen-bond donors (Lipinski definition) is 3. The van der Waals surface area contributed by atoms with E-state index in [-0.39, 0.29) is 25.8 Å². The fraction of sp³-hybridized carbons (Fsp3) is 0.316. The first-order valence-electron chi connectivity index (χ1n) is 15.9. The second-order valence-electron chi connectivity index (χ2n) is 11.2. The number of aryl methyl sites for hydroxylation is 2. The van der Waals surface area contributed by atoms with Crippen LogP contribution >= 0.6 is 0 Å². The lowest BCUT2D eigenvalue weighted by molar-refractivity contribution is 0.129. The Bertz CT molecular complexity index is 1330. The third kappa shape index (κ3) is 13.7. The number of hydrogen-bond acceptors (Lipinski definition) is 5. The number of carbonyl (C=O) groups is 2. The van der Waals surface area contributed by atoms with Crippen molar-refractivity contribution in [1.82, 2.24) is 16.0 Å². The average molecular weight is 608 g/mol. The van der Waals surface area contributed by atoms with Gasteiger partial charge in [-0.15, -0.1) is 0 Å². The normalized spacial score (nSPS) is 11.5. The van der Waals surface area contributed by atoms with E-state index in [1.165, 1.54) is 11.1 Å². The van der Waals surface area contributed by atoms with Crippen molar-refractivity contribution in [2.45, 2.75) is 63.8 Å². The molecule has 0 saturated carbocycles. The van der Waals surface area contributed by atoms with E-state index in [2.05, 4.69) is 64.5 Å². The van der Waals surface area contributed by atoms with Crippen LogP contribution < -0.4 is 16.0 Å². The zero-order chi connectivity index (χ0) is 31.4. The molecular formula is C38H45N3O4. The highest BCUT2D eigenvalue weighted by Gasteiger charge is 2.16. The lowest BCUT2D eigenvalue weighted by Crippen LogP contribution is -2.44. The Morgan fingerprint density at radius 1 is 0.533 bits per heavy atom. The number of alkyl carbamates (subject to hydrolysis) is 2. The Morgan fingerprint density at radius 3 is 1.47 bits per heavy atom. The van der Waals surface area contributed by atoms with Gasteiger partial charge < -0.3 is 25.4 Å². The van der Waals surface area contributed by atoms with Crippen molar-refractivity contribution in [3.8, 4) is 0 Å². The fourth-order valence-electron chi connectivity index (χ4n) is 5.11. The molecule has 0 bridgehead atoms. The fourth-order valence-corrected chi connectivity index (χ4v) is 5.11. The number of nitrogens with one attached hydrogen (secondary N) is 3. The van der Waals surface area contributed by atoms with Crippen molar-refractivity contribution < 1.29 is 19.1 Å². The summed E-state index contributed by atoms with van der Waals surface area (Å²) in [7, 11) is 0. The van der Waals surface area contributed by atoms with Gasteiger partial charge in [0.05, 0.1) is 0 Å². The van der Waals surface area contributed by atoms with Crippen LogP contribution in [-0.4, -0.2) is 37.4 Å². The molecule has 0 aliphatic carbocycles. The van der Waals surface area contributed by atoms with Crippen molar-refractivity contribution in [2.24, 2.45) is 0 Å². The summed E-state index contributed by atoms with van der Waals surface area (Å²) in [6.45, 7) is 1.39. The van der Waals surface area contributed by atoms with E-state index in [9.17, 15) is 9.59 Å². The predicted molar refractivity (Wildman–Crippen MR) is 179 cm³/mol. The Labute approximate surface area is 267 Å². The summed E-state index contributed by atoms with van der Waals surface area (Å²) in [6, 6.07) is 40.3. The number of benzene rings is 4. The lowest BCUT2D eigenvalue weighted by atomic mass is 9.99. The predicted octanol–water partition coefficient (Wildman–Crippen LogP) is 7.21. The largest absolute Gasteiger partial charge is 0.445 e. The number of rotatable bonds is 18. The van der Waals surface area contributed by atoms with Gasteiger partial charge in [0.15, 0.2) is 0 Å². The van der Waals surface area contributed by atoms with Gasteiger partial charge in [-0.1, -0.05) is 121 Å². The lowest BCUT2D eigenvalue weighted by Gasteiger charge is -2.22. The third-order valence-electron chi connectivity index (χ3n) is 7.65. The van der Waals surface area contributed by atoms with Crippen LogP contribution in [0.15, 0.2) is 121 Å². The quantitative estimate of drug-likeness (QED) is 0.104. The van der Waals surface area contributed by atoms with Crippen LogP contribution in [0.4, 0.5) is 9.59 Å². The third-order valence-corrected chi connectivity index (χ3v) is 7.65. The molecule has 0 spiro atoms. The maximum Gasteiger partial charge on any atom is 0.407 e. The maximum absolute atomic E-state index is 12.7. The molecule has 4 aromatic rings. The first kappa shape index (κ1) is 33.3. The molecule has 3 N–H and O–H groups in total. The highest BCUT2D eigenvalue weighted by molar-refractivity contribution is 5.69. The van der Waals surface area contributed by atoms with E-state index in [1.54, 1.807) is 0 Å². The van der Waals surface area contributed by atoms with Crippen molar-refractivity contribution in [3.63, 3.8) is 0 Å². The minimum absolute atomic E-state index is 0.179. The first-order chi connectivity index (χ1) is 22.1.